The van der Waals surface area contributed by atoms with Gasteiger partial charge in [0.2, 0.25) is 5.16 Å². The van der Waals surface area contributed by atoms with Gasteiger partial charge in [0.1, 0.15) is 5.69 Å². The first-order valence-corrected chi connectivity index (χ1v) is 12.0. The van der Waals surface area contributed by atoms with Crippen molar-refractivity contribution in [3.8, 4) is 0 Å². The number of Topliss-reactive ketones (excluding diaryl/α,β-unsaturated/α-hetero) is 1. The number of benzene rings is 1. The van der Waals surface area contributed by atoms with Crippen molar-refractivity contribution in [1.29, 1.82) is 0 Å². The number of hydrogen-bond acceptors (Lipinski definition) is 7. The van der Waals surface area contributed by atoms with Crippen molar-refractivity contribution in [2.24, 2.45) is 4.99 Å². The van der Waals surface area contributed by atoms with Gasteiger partial charge in [0.15, 0.2) is 20.2 Å². The van der Waals surface area contributed by atoms with E-state index >= 15 is 0 Å². The second kappa shape index (κ2) is 7.69. The number of aliphatic imine (C=N–C) groups is 1. The number of halogens is 1. The molecular formula is C17H16BrN3O4S2. The number of fused-ring (bicyclic) bond motifs is 1. The lowest BCUT2D eigenvalue weighted by Gasteiger charge is -2.21. The molecule has 0 amide bonds. The third kappa shape index (κ3) is 3.92. The molecule has 2 heterocycles. The zero-order chi connectivity index (χ0) is 19.8. The monoisotopic (exact) mass is 469 g/mol. The van der Waals surface area contributed by atoms with E-state index in [9.17, 15) is 17.4 Å². The van der Waals surface area contributed by atoms with Gasteiger partial charge in [-0.25, -0.2) is 23.4 Å². The van der Waals surface area contributed by atoms with E-state index < -0.39 is 26.6 Å². The highest BCUT2D eigenvalue weighted by atomic mass is 79.9. The molecule has 1 aliphatic rings. The third-order valence-electron chi connectivity index (χ3n) is 4.21. The fourth-order valence-corrected chi connectivity index (χ4v) is 4.87. The van der Waals surface area contributed by atoms with Gasteiger partial charge in [-0.2, -0.15) is 0 Å². The molecule has 1 aromatic heterocycles. The van der Waals surface area contributed by atoms with Crippen LogP contribution in [0.25, 0.3) is 0 Å². The van der Waals surface area contributed by atoms with E-state index in [1.165, 1.54) is 18.5 Å². The van der Waals surface area contributed by atoms with Crippen LogP contribution in [-0.4, -0.2) is 45.0 Å². The molecule has 0 saturated heterocycles. The minimum absolute atomic E-state index is 0.0362. The predicted octanol–water partition coefficient (Wildman–Crippen LogP) is 2.34. The van der Waals surface area contributed by atoms with Gasteiger partial charge in [-0.15, -0.1) is 0 Å². The summed E-state index contributed by atoms with van der Waals surface area (Å²) in [6, 6.07) is 6.61. The zero-order valence-electron chi connectivity index (χ0n) is 14.5. The Morgan fingerprint density at radius 2 is 1.96 bits per heavy atom. The van der Waals surface area contributed by atoms with Crippen LogP contribution in [0.1, 0.15) is 24.1 Å². The van der Waals surface area contributed by atoms with E-state index in [1.54, 1.807) is 25.1 Å². The highest BCUT2D eigenvalue weighted by molar-refractivity contribution is 9.19. The molecule has 0 bridgehead atoms. The fourth-order valence-electron chi connectivity index (χ4n) is 2.82. The largest absolute Gasteiger partial charge is 0.291 e. The van der Waals surface area contributed by atoms with Crippen molar-refractivity contribution in [2.45, 2.75) is 29.3 Å². The highest BCUT2D eigenvalue weighted by Gasteiger charge is 2.34. The third-order valence-corrected chi connectivity index (χ3v) is 7.32. The summed E-state index contributed by atoms with van der Waals surface area (Å²) < 4.78 is 36.7. The molecule has 7 nitrogen and oxygen atoms in total. The van der Waals surface area contributed by atoms with Crippen LogP contribution in [-0.2, 0) is 31.9 Å². The van der Waals surface area contributed by atoms with Crippen molar-refractivity contribution in [3.05, 3.63) is 41.7 Å². The standard InChI is InChI=1S/C17H16BrN3O4S2/c1-3-27(24,25)13-7-5-4-6-10(13)8-11-14-12(20-16(18)15(11)22)9-19-17(21-14)26(2)23/h4-7,9,11H,3,8H2,1-2H3. The second-order valence-electron chi connectivity index (χ2n) is 5.91. The molecule has 0 N–H and O–H groups in total. The summed E-state index contributed by atoms with van der Waals surface area (Å²) >= 11 is 3.16. The van der Waals surface area contributed by atoms with Crippen LogP contribution in [0, 0.1) is 0 Å². The van der Waals surface area contributed by atoms with E-state index in [4.69, 9.17) is 0 Å². The van der Waals surface area contributed by atoms with Gasteiger partial charge in [0.25, 0.3) is 0 Å². The summed E-state index contributed by atoms with van der Waals surface area (Å²) in [4.78, 5) is 25.4. The predicted molar refractivity (Wildman–Crippen MR) is 106 cm³/mol. The summed E-state index contributed by atoms with van der Waals surface area (Å²) in [5, 5.41) is 0.106. The number of carbonyl (C=O) groups is 1. The molecule has 2 atom stereocenters. The molecule has 10 heteroatoms. The Morgan fingerprint density at radius 1 is 1.26 bits per heavy atom. The van der Waals surface area contributed by atoms with Crippen molar-refractivity contribution in [1.82, 2.24) is 9.97 Å². The summed E-state index contributed by atoms with van der Waals surface area (Å²) in [6.07, 6.45) is 3.01. The lowest BCUT2D eigenvalue weighted by molar-refractivity contribution is -0.114. The summed E-state index contributed by atoms with van der Waals surface area (Å²) in [5.74, 6) is -1.09. The van der Waals surface area contributed by atoms with Gasteiger partial charge >= 0.3 is 0 Å². The first-order valence-electron chi connectivity index (χ1n) is 8.04. The Balaban J connectivity index is 2.12. The molecule has 1 aromatic carbocycles. The molecular weight excluding hydrogens is 454 g/mol. The lowest BCUT2D eigenvalue weighted by Crippen LogP contribution is -2.26. The van der Waals surface area contributed by atoms with Gasteiger partial charge in [0, 0.05) is 6.26 Å². The number of nitrogens with zero attached hydrogens (tertiary/aromatic N) is 3. The SMILES string of the molecule is CCS(=O)(=O)c1ccccc1CC1C(=O)C(Br)=Nc2cnc(S(C)=O)nc21. The molecule has 2 unspecified atom stereocenters. The molecule has 0 spiro atoms. The first-order chi connectivity index (χ1) is 12.7. The average Bonchev–Trinajstić information content (AvgIpc) is 2.65. The summed E-state index contributed by atoms with van der Waals surface area (Å²) in [7, 11) is -4.86. The van der Waals surface area contributed by atoms with E-state index in [0.717, 1.165) is 0 Å². The van der Waals surface area contributed by atoms with Crippen LogP contribution in [0.3, 0.4) is 0 Å². The van der Waals surface area contributed by atoms with Gasteiger partial charge in [-0.05, 0) is 34.0 Å². The maximum Gasteiger partial charge on any atom is 0.218 e. The molecule has 0 aliphatic carbocycles. The topological polar surface area (TPSA) is 106 Å². The molecule has 27 heavy (non-hydrogen) atoms. The Labute approximate surface area is 167 Å². The molecule has 0 radical (unpaired) electrons. The van der Waals surface area contributed by atoms with Crippen LogP contribution in [0.2, 0.25) is 0 Å². The maximum absolute atomic E-state index is 12.7. The molecule has 2 aromatic rings. The number of aromatic nitrogens is 2. The van der Waals surface area contributed by atoms with E-state index in [2.05, 4.69) is 30.9 Å². The van der Waals surface area contributed by atoms with Crippen molar-refractivity contribution >= 4 is 52.7 Å². The minimum atomic E-state index is -3.44. The summed E-state index contributed by atoms with van der Waals surface area (Å²) in [5.41, 5.74) is 1.28. The lowest BCUT2D eigenvalue weighted by atomic mass is 9.90. The van der Waals surface area contributed by atoms with Gasteiger partial charge in [-0.3, -0.25) is 9.00 Å². The van der Waals surface area contributed by atoms with E-state index in [1.807, 2.05) is 0 Å². The Morgan fingerprint density at radius 3 is 2.63 bits per heavy atom. The van der Waals surface area contributed by atoms with E-state index in [0.29, 0.717) is 16.9 Å². The molecule has 3 rings (SSSR count). The second-order valence-corrected chi connectivity index (χ2v) is 10.2. The zero-order valence-corrected chi connectivity index (χ0v) is 17.8. The highest BCUT2D eigenvalue weighted by Crippen LogP contribution is 2.35. The van der Waals surface area contributed by atoms with Crippen molar-refractivity contribution in [3.63, 3.8) is 0 Å². The molecule has 1 aliphatic heterocycles. The van der Waals surface area contributed by atoms with Gasteiger partial charge in [0.05, 0.1) is 39.3 Å². The molecule has 142 valence electrons. The quantitative estimate of drug-likeness (QED) is 0.621. The Bertz CT molecular complexity index is 1080. The van der Waals surface area contributed by atoms with Gasteiger partial charge in [-0.1, -0.05) is 25.1 Å². The number of carbonyl (C=O) groups excluding carboxylic acids is 1. The molecule has 0 saturated carbocycles. The number of hydrogen-bond donors (Lipinski definition) is 0. The van der Waals surface area contributed by atoms with Crippen LogP contribution in [0.15, 0.2) is 45.5 Å². The number of sulfone groups is 1. The maximum atomic E-state index is 12.7. The first kappa shape index (κ1) is 20.0. The number of rotatable bonds is 5. The molecule has 0 fully saturated rings. The minimum Gasteiger partial charge on any atom is -0.291 e. The van der Waals surface area contributed by atoms with Gasteiger partial charge < -0.3 is 0 Å². The smallest absolute Gasteiger partial charge is 0.218 e. The van der Waals surface area contributed by atoms with Crippen LogP contribution in [0.5, 0.6) is 0 Å². The van der Waals surface area contributed by atoms with Crippen molar-refractivity contribution in [2.75, 3.05) is 12.0 Å². The van der Waals surface area contributed by atoms with Crippen LogP contribution >= 0.6 is 15.9 Å². The van der Waals surface area contributed by atoms with E-state index in [-0.39, 0.29) is 32.6 Å². The summed E-state index contributed by atoms with van der Waals surface area (Å²) in [6.45, 7) is 1.58. The Kier molecular flexibility index (Phi) is 5.68. The van der Waals surface area contributed by atoms with Crippen molar-refractivity contribution < 1.29 is 17.4 Å². The fraction of sp³-hybridized carbons (Fsp3) is 0.294. The van der Waals surface area contributed by atoms with Crippen LogP contribution < -0.4 is 0 Å². The normalized spacial score (nSPS) is 18.0. The Hall–Kier alpha value is -1.78. The van der Waals surface area contributed by atoms with Crippen LogP contribution in [0.4, 0.5) is 5.69 Å². The number of ketones is 1. The average molecular weight is 470 g/mol.